The molecule has 1 N–H and O–H groups in total. The van der Waals surface area contributed by atoms with Crippen LogP contribution in [-0.2, 0) is 4.74 Å². The van der Waals surface area contributed by atoms with Gasteiger partial charge in [-0.05, 0) is 38.8 Å². The summed E-state index contributed by atoms with van der Waals surface area (Å²) >= 11 is 0. The lowest BCUT2D eigenvalue weighted by Crippen LogP contribution is -2.36. The number of carbonyl (C=O) groups is 1. The Morgan fingerprint density at radius 1 is 1.45 bits per heavy atom. The Kier molecular flexibility index (Phi) is 6.23. The molecule has 0 spiro atoms. The van der Waals surface area contributed by atoms with Gasteiger partial charge in [-0.25, -0.2) is 0 Å². The summed E-state index contributed by atoms with van der Waals surface area (Å²) in [5, 5.41) is 7.89. The molecule has 2 unspecified atom stereocenters. The van der Waals surface area contributed by atoms with E-state index in [0.717, 1.165) is 45.5 Å². The first-order valence-electron chi connectivity index (χ1n) is 7.91. The number of amides is 1. The normalized spacial score (nSPS) is 26.1. The average molecular weight is 329 g/mol. The number of halogens is 1. The molecule has 3 heterocycles. The Morgan fingerprint density at radius 2 is 2.32 bits per heavy atom. The first kappa shape index (κ1) is 17.2. The van der Waals surface area contributed by atoms with Crippen LogP contribution < -0.4 is 5.32 Å². The van der Waals surface area contributed by atoms with Crippen molar-refractivity contribution in [3.8, 4) is 0 Å². The molecule has 2 atom stereocenters. The molecule has 0 saturated carbocycles. The van der Waals surface area contributed by atoms with Gasteiger partial charge in [0.2, 0.25) is 0 Å². The van der Waals surface area contributed by atoms with Gasteiger partial charge in [0.15, 0.2) is 0 Å². The van der Waals surface area contributed by atoms with E-state index >= 15 is 0 Å². The number of nitrogens with one attached hydrogen (secondary N) is 1. The molecule has 2 aliphatic rings. The molecule has 0 radical (unpaired) electrons. The summed E-state index contributed by atoms with van der Waals surface area (Å²) in [5.41, 5.74) is 0.551. The minimum absolute atomic E-state index is 0. The van der Waals surface area contributed by atoms with Crippen molar-refractivity contribution in [2.45, 2.75) is 38.3 Å². The van der Waals surface area contributed by atoms with E-state index in [1.807, 2.05) is 28.8 Å². The molecule has 1 amide bonds. The maximum atomic E-state index is 12.6. The third-order valence-corrected chi connectivity index (χ3v) is 4.21. The zero-order valence-corrected chi connectivity index (χ0v) is 13.8. The molecule has 2 fully saturated rings. The maximum absolute atomic E-state index is 12.6. The predicted octanol–water partition coefficient (Wildman–Crippen LogP) is 1.48. The molecule has 1 aromatic rings. The Labute approximate surface area is 137 Å². The third kappa shape index (κ3) is 4.00. The van der Waals surface area contributed by atoms with E-state index < -0.39 is 0 Å². The van der Waals surface area contributed by atoms with Crippen LogP contribution in [0.3, 0.4) is 0 Å². The monoisotopic (exact) mass is 328 g/mol. The van der Waals surface area contributed by atoms with Crippen LogP contribution in [0.1, 0.15) is 42.7 Å². The highest BCUT2D eigenvalue weighted by Gasteiger charge is 2.24. The van der Waals surface area contributed by atoms with Crippen LogP contribution in [-0.4, -0.2) is 59.5 Å². The number of carbonyl (C=O) groups excluding carboxylic acids is 1. The van der Waals surface area contributed by atoms with Crippen LogP contribution in [0.2, 0.25) is 0 Å². The van der Waals surface area contributed by atoms with Gasteiger partial charge < -0.3 is 15.0 Å². The molecule has 124 valence electrons. The maximum Gasteiger partial charge on any atom is 0.274 e. The molecule has 7 heteroatoms. The highest BCUT2D eigenvalue weighted by Crippen LogP contribution is 2.17. The molecule has 1 aromatic heterocycles. The van der Waals surface area contributed by atoms with Gasteiger partial charge in [-0.15, -0.1) is 12.4 Å². The van der Waals surface area contributed by atoms with Crippen molar-refractivity contribution in [3.05, 3.63) is 18.0 Å². The third-order valence-electron chi connectivity index (χ3n) is 4.21. The molecule has 0 aliphatic carbocycles. The van der Waals surface area contributed by atoms with Gasteiger partial charge in [0.05, 0.1) is 12.1 Å². The molecule has 22 heavy (non-hydrogen) atoms. The van der Waals surface area contributed by atoms with Crippen LogP contribution in [0, 0.1) is 0 Å². The van der Waals surface area contributed by atoms with Crippen LogP contribution in [0.15, 0.2) is 12.3 Å². The van der Waals surface area contributed by atoms with Gasteiger partial charge >= 0.3 is 0 Å². The van der Waals surface area contributed by atoms with Crippen molar-refractivity contribution in [3.63, 3.8) is 0 Å². The van der Waals surface area contributed by atoms with Crippen molar-refractivity contribution in [1.29, 1.82) is 0 Å². The lowest BCUT2D eigenvalue weighted by Gasteiger charge is -2.23. The van der Waals surface area contributed by atoms with Crippen LogP contribution >= 0.6 is 12.4 Å². The van der Waals surface area contributed by atoms with E-state index in [-0.39, 0.29) is 24.4 Å². The number of piperidine rings is 1. The van der Waals surface area contributed by atoms with Crippen molar-refractivity contribution >= 4 is 18.3 Å². The number of rotatable bonds is 2. The summed E-state index contributed by atoms with van der Waals surface area (Å²) in [6.07, 6.45) is 5.21. The number of hydrogen-bond acceptors (Lipinski definition) is 4. The largest absolute Gasteiger partial charge is 0.377 e. The minimum Gasteiger partial charge on any atom is -0.377 e. The second-order valence-corrected chi connectivity index (χ2v) is 5.97. The van der Waals surface area contributed by atoms with Gasteiger partial charge in [-0.1, -0.05) is 0 Å². The minimum atomic E-state index is 0. The first-order valence-corrected chi connectivity index (χ1v) is 7.91. The SMILES string of the molecule is CC1CN(C(=O)c2ccn(C3CCCNC3)n2)CCCO1.Cl. The smallest absolute Gasteiger partial charge is 0.274 e. The second kappa shape index (κ2) is 7.94. The summed E-state index contributed by atoms with van der Waals surface area (Å²) in [6, 6.07) is 2.21. The molecule has 0 aromatic carbocycles. The summed E-state index contributed by atoms with van der Waals surface area (Å²) in [6.45, 7) is 6.15. The highest BCUT2D eigenvalue weighted by molar-refractivity contribution is 5.92. The number of nitrogens with zero attached hydrogens (tertiary/aromatic N) is 3. The molecule has 3 rings (SSSR count). The topological polar surface area (TPSA) is 59.4 Å². The quantitative estimate of drug-likeness (QED) is 0.893. The number of ether oxygens (including phenoxy) is 1. The van der Waals surface area contributed by atoms with Crippen molar-refractivity contribution < 1.29 is 9.53 Å². The van der Waals surface area contributed by atoms with E-state index in [4.69, 9.17) is 4.74 Å². The standard InChI is InChI=1S/C15H24N4O2.ClH/c1-12-11-18(7-3-9-21-12)15(20)14-5-8-19(17-14)13-4-2-6-16-10-13;/h5,8,12-13,16H,2-4,6-7,9-11H2,1H3;1H. The van der Waals surface area contributed by atoms with Gasteiger partial charge in [0.1, 0.15) is 5.69 Å². The number of hydrogen-bond donors (Lipinski definition) is 1. The highest BCUT2D eigenvalue weighted by atomic mass is 35.5. The van der Waals surface area contributed by atoms with Gasteiger partial charge in [-0.3, -0.25) is 9.48 Å². The predicted molar refractivity (Wildman–Crippen MR) is 86.6 cm³/mol. The van der Waals surface area contributed by atoms with Crippen molar-refractivity contribution in [2.75, 3.05) is 32.8 Å². The lowest BCUT2D eigenvalue weighted by atomic mass is 10.1. The molecule has 0 bridgehead atoms. The van der Waals surface area contributed by atoms with Crippen molar-refractivity contribution in [1.82, 2.24) is 20.0 Å². The summed E-state index contributed by atoms with van der Waals surface area (Å²) < 4.78 is 7.53. The zero-order chi connectivity index (χ0) is 14.7. The lowest BCUT2D eigenvalue weighted by molar-refractivity contribution is 0.0558. The second-order valence-electron chi connectivity index (χ2n) is 5.97. The zero-order valence-electron chi connectivity index (χ0n) is 13.0. The van der Waals surface area contributed by atoms with Crippen LogP contribution in [0.25, 0.3) is 0 Å². The average Bonchev–Trinajstić information content (AvgIpc) is 2.90. The molecule has 6 nitrogen and oxygen atoms in total. The molecular weight excluding hydrogens is 304 g/mol. The summed E-state index contributed by atoms with van der Waals surface area (Å²) in [5.74, 6) is 0.0230. The summed E-state index contributed by atoms with van der Waals surface area (Å²) in [4.78, 5) is 14.4. The van der Waals surface area contributed by atoms with E-state index in [1.165, 1.54) is 0 Å². The first-order chi connectivity index (χ1) is 10.2. The Balaban J connectivity index is 0.00000176. The molecular formula is C15H25ClN4O2. The van der Waals surface area contributed by atoms with Gasteiger partial charge in [0, 0.05) is 32.4 Å². The van der Waals surface area contributed by atoms with E-state index in [1.54, 1.807) is 0 Å². The van der Waals surface area contributed by atoms with Gasteiger partial charge in [0.25, 0.3) is 5.91 Å². The molecule has 2 aliphatic heterocycles. The van der Waals surface area contributed by atoms with Gasteiger partial charge in [-0.2, -0.15) is 5.10 Å². The van der Waals surface area contributed by atoms with Crippen LogP contribution in [0.5, 0.6) is 0 Å². The Bertz CT molecular complexity index is 488. The fourth-order valence-electron chi connectivity index (χ4n) is 3.06. The molecule has 2 saturated heterocycles. The fraction of sp³-hybridized carbons (Fsp3) is 0.733. The Morgan fingerprint density at radius 3 is 3.09 bits per heavy atom. The number of aromatic nitrogens is 2. The van der Waals surface area contributed by atoms with Crippen molar-refractivity contribution in [2.24, 2.45) is 0 Å². The van der Waals surface area contributed by atoms with Crippen LogP contribution in [0.4, 0.5) is 0 Å². The fourth-order valence-corrected chi connectivity index (χ4v) is 3.06. The Hall–Kier alpha value is -1.11. The summed E-state index contributed by atoms with van der Waals surface area (Å²) in [7, 11) is 0. The van der Waals surface area contributed by atoms with E-state index in [9.17, 15) is 4.79 Å². The van der Waals surface area contributed by atoms with E-state index in [2.05, 4.69) is 10.4 Å². The van der Waals surface area contributed by atoms with E-state index in [0.29, 0.717) is 18.3 Å².